The van der Waals surface area contributed by atoms with Gasteiger partial charge in [0.1, 0.15) is 18.2 Å². The summed E-state index contributed by atoms with van der Waals surface area (Å²) in [7, 11) is 0. The summed E-state index contributed by atoms with van der Waals surface area (Å²) in [4.78, 5) is 34.1. The van der Waals surface area contributed by atoms with Crippen molar-refractivity contribution in [2.45, 2.75) is 33.0 Å². The van der Waals surface area contributed by atoms with E-state index in [1.54, 1.807) is 42.5 Å². The highest BCUT2D eigenvalue weighted by atomic mass is 35.5. The van der Waals surface area contributed by atoms with E-state index in [2.05, 4.69) is 18.8 Å². The van der Waals surface area contributed by atoms with Gasteiger partial charge in [0, 0.05) is 34.3 Å². The molecule has 3 aromatic heterocycles. The number of benzene rings is 2. The Morgan fingerprint density at radius 3 is 2.65 bits per heavy atom. The van der Waals surface area contributed by atoms with Crippen LogP contribution in [-0.4, -0.2) is 43.4 Å². The normalized spacial score (nSPS) is 16.0. The minimum atomic E-state index is -1.06. The van der Waals surface area contributed by atoms with Crippen molar-refractivity contribution in [1.29, 1.82) is 0 Å². The minimum absolute atomic E-state index is 0.0304. The third-order valence-corrected chi connectivity index (χ3v) is 7.91. The zero-order chi connectivity index (χ0) is 30.3. The van der Waals surface area contributed by atoms with E-state index in [4.69, 9.17) is 26.1 Å². The topological polar surface area (TPSA) is 108 Å². The SMILES string of the molecule is CC1(C)COC[C@H]1n1c(Cn2cc(F)c(-c3cccc(OCc4ccc(Cl)cc4)n3)cc2=O)nc2ccc(C(=O)O)cc21. The van der Waals surface area contributed by atoms with E-state index in [1.807, 2.05) is 16.7 Å². The van der Waals surface area contributed by atoms with Crippen LogP contribution in [-0.2, 0) is 17.9 Å². The van der Waals surface area contributed by atoms with Crippen molar-refractivity contribution >= 4 is 28.6 Å². The quantitative estimate of drug-likeness (QED) is 0.233. The van der Waals surface area contributed by atoms with Crippen molar-refractivity contribution in [2.75, 3.05) is 13.2 Å². The zero-order valence-corrected chi connectivity index (χ0v) is 24.2. The molecular formula is C32H28ClFN4O5. The number of rotatable bonds is 8. The molecule has 9 nitrogen and oxygen atoms in total. The van der Waals surface area contributed by atoms with Gasteiger partial charge in [-0.15, -0.1) is 0 Å². The number of imidazole rings is 1. The Labute approximate surface area is 251 Å². The van der Waals surface area contributed by atoms with Gasteiger partial charge in [0.15, 0.2) is 0 Å². The fourth-order valence-electron chi connectivity index (χ4n) is 5.32. The van der Waals surface area contributed by atoms with Gasteiger partial charge < -0.3 is 23.7 Å². The van der Waals surface area contributed by atoms with Gasteiger partial charge in [0.05, 0.1) is 48.1 Å². The summed E-state index contributed by atoms with van der Waals surface area (Å²) in [6, 6.07) is 17.9. The highest BCUT2D eigenvalue weighted by molar-refractivity contribution is 6.30. The van der Waals surface area contributed by atoms with Crippen LogP contribution in [0.15, 0.2) is 77.7 Å². The molecule has 43 heavy (non-hydrogen) atoms. The number of pyridine rings is 2. The molecule has 11 heteroatoms. The molecule has 1 atom stereocenters. The molecule has 220 valence electrons. The number of carbonyl (C=O) groups is 1. The number of aromatic carboxylic acids is 1. The van der Waals surface area contributed by atoms with Crippen LogP contribution in [0.2, 0.25) is 5.02 Å². The number of carboxylic acids is 1. The van der Waals surface area contributed by atoms with Crippen molar-refractivity contribution in [1.82, 2.24) is 19.1 Å². The summed E-state index contributed by atoms with van der Waals surface area (Å²) in [6.45, 7) is 5.23. The van der Waals surface area contributed by atoms with E-state index in [9.17, 15) is 14.7 Å². The maximum absolute atomic E-state index is 15.5. The lowest BCUT2D eigenvalue weighted by molar-refractivity contribution is 0.0697. The highest BCUT2D eigenvalue weighted by Crippen LogP contribution is 2.40. The first-order valence-electron chi connectivity index (χ1n) is 13.7. The number of carboxylic acid groups (broad SMARTS) is 1. The maximum atomic E-state index is 15.5. The monoisotopic (exact) mass is 602 g/mol. The van der Waals surface area contributed by atoms with Crippen LogP contribution < -0.4 is 10.3 Å². The molecule has 0 radical (unpaired) electrons. The smallest absolute Gasteiger partial charge is 0.335 e. The summed E-state index contributed by atoms with van der Waals surface area (Å²) in [5, 5.41) is 10.2. The average molecular weight is 603 g/mol. The molecule has 0 spiro atoms. The lowest BCUT2D eigenvalue weighted by Gasteiger charge is -2.28. The van der Waals surface area contributed by atoms with Crippen molar-refractivity contribution < 1.29 is 23.8 Å². The average Bonchev–Trinajstić information content (AvgIpc) is 3.51. The lowest BCUT2D eigenvalue weighted by Crippen LogP contribution is -2.29. The lowest BCUT2D eigenvalue weighted by atomic mass is 9.87. The van der Waals surface area contributed by atoms with E-state index in [1.165, 1.54) is 16.7 Å². The van der Waals surface area contributed by atoms with Gasteiger partial charge in [0.2, 0.25) is 5.88 Å². The fraction of sp³-hybridized carbons (Fsp3) is 0.250. The van der Waals surface area contributed by atoms with E-state index < -0.39 is 17.3 Å². The Morgan fingerprint density at radius 2 is 1.93 bits per heavy atom. The summed E-state index contributed by atoms with van der Waals surface area (Å²) in [6.07, 6.45) is 1.14. The van der Waals surface area contributed by atoms with Crippen LogP contribution in [0, 0.1) is 11.2 Å². The Kier molecular flexibility index (Phi) is 7.49. The fourth-order valence-corrected chi connectivity index (χ4v) is 5.44. The maximum Gasteiger partial charge on any atom is 0.335 e. The first kappa shape index (κ1) is 28.6. The summed E-state index contributed by atoms with van der Waals surface area (Å²) in [5.74, 6) is -0.916. The summed E-state index contributed by atoms with van der Waals surface area (Å²) < 4.78 is 30.3. The van der Waals surface area contributed by atoms with Gasteiger partial charge >= 0.3 is 5.97 Å². The molecule has 6 rings (SSSR count). The number of fused-ring (bicyclic) bond motifs is 1. The Morgan fingerprint density at radius 1 is 1.14 bits per heavy atom. The number of hydrogen-bond donors (Lipinski definition) is 1. The predicted molar refractivity (Wildman–Crippen MR) is 159 cm³/mol. The molecule has 0 amide bonds. The number of ether oxygens (including phenoxy) is 2. The highest BCUT2D eigenvalue weighted by Gasteiger charge is 2.39. The molecule has 1 fully saturated rings. The third kappa shape index (κ3) is 5.76. The Bertz CT molecular complexity index is 1900. The van der Waals surface area contributed by atoms with E-state index in [0.717, 1.165) is 11.8 Å². The van der Waals surface area contributed by atoms with Crippen molar-refractivity contribution in [2.24, 2.45) is 5.41 Å². The molecule has 0 aliphatic carbocycles. The Hall–Kier alpha value is -4.54. The second-order valence-electron chi connectivity index (χ2n) is 11.2. The van der Waals surface area contributed by atoms with Gasteiger partial charge in [-0.2, -0.15) is 0 Å². The standard InChI is InChI=1S/C32H28ClFN4O5/c1-32(2)18-42-17-27(32)38-26-12-20(31(40)41)8-11-25(26)35-28(38)15-37-14-23(34)22(13-30(37)39)24-4-3-5-29(36-24)43-16-19-6-9-21(33)10-7-19/h3-14,27H,15-18H2,1-2H3,(H,40,41)/t27-/m1/s1. The summed E-state index contributed by atoms with van der Waals surface area (Å²) in [5.41, 5.74) is 1.78. The van der Waals surface area contributed by atoms with Gasteiger partial charge in [-0.3, -0.25) is 4.79 Å². The number of halogens is 2. The molecule has 4 heterocycles. The van der Waals surface area contributed by atoms with Gasteiger partial charge in [-0.05, 0) is 42.0 Å². The first-order valence-corrected chi connectivity index (χ1v) is 14.0. The second-order valence-corrected chi connectivity index (χ2v) is 11.6. The van der Waals surface area contributed by atoms with Crippen LogP contribution in [0.3, 0.4) is 0 Å². The molecule has 1 aliphatic heterocycles. The molecule has 1 aliphatic rings. The van der Waals surface area contributed by atoms with Crippen LogP contribution in [0.4, 0.5) is 4.39 Å². The predicted octanol–water partition coefficient (Wildman–Crippen LogP) is 5.98. The molecule has 5 aromatic rings. The third-order valence-electron chi connectivity index (χ3n) is 7.66. The number of nitrogens with zero attached hydrogens (tertiary/aromatic N) is 4. The molecule has 1 saturated heterocycles. The van der Waals surface area contributed by atoms with Gasteiger partial charge in [-0.1, -0.05) is 43.6 Å². The van der Waals surface area contributed by atoms with Gasteiger partial charge in [-0.25, -0.2) is 19.2 Å². The minimum Gasteiger partial charge on any atom is -0.478 e. The zero-order valence-electron chi connectivity index (χ0n) is 23.5. The largest absolute Gasteiger partial charge is 0.478 e. The first-order chi connectivity index (χ1) is 20.6. The second kappa shape index (κ2) is 11.3. The number of hydrogen-bond acceptors (Lipinski definition) is 6. The Balaban J connectivity index is 1.32. The molecule has 0 unspecified atom stereocenters. The summed E-state index contributed by atoms with van der Waals surface area (Å²) >= 11 is 5.94. The van der Waals surface area contributed by atoms with Crippen LogP contribution in [0.5, 0.6) is 5.88 Å². The van der Waals surface area contributed by atoms with Crippen LogP contribution >= 0.6 is 11.6 Å². The molecular weight excluding hydrogens is 575 g/mol. The van der Waals surface area contributed by atoms with E-state index in [-0.39, 0.29) is 47.3 Å². The van der Waals surface area contributed by atoms with Gasteiger partial charge in [0.25, 0.3) is 5.56 Å². The molecule has 0 saturated carbocycles. The van der Waals surface area contributed by atoms with Crippen LogP contribution in [0.25, 0.3) is 22.3 Å². The number of aromatic nitrogens is 4. The van der Waals surface area contributed by atoms with Crippen molar-refractivity contribution in [3.63, 3.8) is 0 Å². The van der Waals surface area contributed by atoms with E-state index in [0.29, 0.717) is 35.1 Å². The van der Waals surface area contributed by atoms with E-state index >= 15 is 4.39 Å². The van der Waals surface area contributed by atoms with Crippen molar-refractivity contribution in [3.05, 3.63) is 111 Å². The van der Waals surface area contributed by atoms with Crippen molar-refractivity contribution in [3.8, 4) is 17.1 Å². The molecule has 2 aromatic carbocycles. The molecule has 1 N–H and O–H groups in total. The van der Waals surface area contributed by atoms with Crippen LogP contribution in [0.1, 0.15) is 41.6 Å². The molecule has 0 bridgehead atoms.